The highest BCUT2D eigenvalue weighted by atomic mass is 32.2. The summed E-state index contributed by atoms with van der Waals surface area (Å²) in [5.74, 6) is -8.32. The molecule has 2 aromatic carbocycles. The minimum atomic E-state index is -5.22. The fourth-order valence-electron chi connectivity index (χ4n) is 3.29. The quantitative estimate of drug-likeness (QED) is 0.741. The molecule has 29 heavy (non-hydrogen) atoms. The average molecular weight is 437 g/mol. The van der Waals surface area contributed by atoms with E-state index in [2.05, 4.69) is 0 Å². The van der Waals surface area contributed by atoms with Crippen molar-refractivity contribution in [3.05, 3.63) is 64.0 Å². The predicted octanol–water partition coefficient (Wildman–Crippen LogP) is 3.66. The Morgan fingerprint density at radius 2 is 1.90 bits per heavy atom. The minimum Gasteiger partial charge on any atom is -0.382 e. The Bertz CT molecular complexity index is 1100. The lowest BCUT2D eigenvalue weighted by Gasteiger charge is -2.16. The van der Waals surface area contributed by atoms with Crippen molar-refractivity contribution in [2.75, 3.05) is 0 Å². The second-order valence-corrected chi connectivity index (χ2v) is 8.28. The van der Waals surface area contributed by atoms with Gasteiger partial charge in [0.1, 0.15) is 11.9 Å². The Labute approximate surface area is 161 Å². The summed E-state index contributed by atoms with van der Waals surface area (Å²) in [4.78, 5) is -1.05. The molecule has 0 fully saturated rings. The molecule has 0 aromatic heterocycles. The number of benzene rings is 2. The maximum Gasteiger partial charge on any atom is 0.341 e. The molecule has 1 aliphatic carbocycles. The molecule has 4 nitrogen and oxygen atoms in total. The molecule has 0 heterocycles. The Kier molecular flexibility index (Phi) is 6.02. The molecular weight excluding hydrogens is 424 g/mol. The maximum absolute atomic E-state index is 14.1. The minimum absolute atomic E-state index is 0. The summed E-state index contributed by atoms with van der Waals surface area (Å²) in [6.45, 7) is 0. The van der Waals surface area contributed by atoms with Crippen LogP contribution < -0.4 is 0 Å². The number of rotatable bonds is 4. The molecule has 0 amide bonds. The first kappa shape index (κ1) is 22.7. The Hall–Kier alpha value is -2.58. The molecule has 1 N–H and O–H groups in total. The van der Waals surface area contributed by atoms with E-state index in [9.17, 15) is 35.5 Å². The molecule has 11 heteroatoms. The van der Waals surface area contributed by atoms with Crippen LogP contribution in [0.25, 0.3) is 0 Å². The van der Waals surface area contributed by atoms with Crippen molar-refractivity contribution in [1.82, 2.24) is 0 Å². The summed E-state index contributed by atoms with van der Waals surface area (Å²) in [7, 11) is -5.22. The van der Waals surface area contributed by atoms with Crippen molar-refractivity contribution >= 4 is 9.84 Å². The van der Waals surface area contributed by atoms with Crippen molar-refractivity contribution in [3.63, 3.8) is 0 Å². The number of hydrogen-bond acceptors (Lipinski definition) is 4. The van der Waals surface area contributed by atoms with Gasteiger partial charge in [0, 0.05) is 12.0 Å². The summed E-state index contributed by atoms with van der Waals surface area (Å²) in [6.07, 6.45) is -3.77. The van der Waals surface area contributed by atoms with E-state index in [-0.39, 0.29) is 33.4 Å². The number of hydrogen-bond donors (Lipinski definition) is 1. The first-order chi connectivity index (χ1) is 13.0. The van der Waals surface area contributed by atoms with Gasteiger partial charge in [-0.2, -0.15) is 14.0 Å². The van der Waals surface area contributed by atoms with Crippen LogP contribution in [0.5, 0.6) is 0 Å². The number of nitriles is 1. The summed E-state index contributed by atoms with van der Waals surface area (Å²) < 4.78 is 91.3. The van der Waals surface area contributed by atoms with E-state index in [1.54, 1.807) is 6.07 Å². The standard InChI is InChI=1S/C18H12F5NO3S.FH/c19-12-5-9(3-10(6-12)8-24)4-11-1-2-14(28(26,27)17(20)21)15-13(11)7-18(22,23)16(15)25;/h1-3,5-6,16-17,25H,4,7H2;1H/t16-;/m0./s1. The zero-order chi connectivity index (χ0) is 20.9. The average Bonchev–Trinajstić information content (AvgIpc) is 2.85. The van der Waals surface area contributed by atoms with E-state index >= 15 is 0 Å². The van der Waals surface area contributed by atoms with Gasteiger partial charge in [-0.05, 0) is 47.4 Å². The number of halogens is 6. The number of sulfone groups is 1. The first-order valence-corrected chi connectivity index (χ1v) is 9.44. The second kappa shape index (κ2) is 7.68. The highest BCUT2D eigenvalue weighted by Crippen LogP contribution is 2.48. The lowest BCUT2D eigenvalue weighted by Crippen LogP contribution is -2.23. The van der Waals surface area contributed by atoms with Crippen molar-refractivity contribution < 1.29 is 40.2 Å². The van der Waals surface area contributed by atoms with Gasteiger partial charge in [0.15, 0.2) is 0 Å². The molecule has 0 saturated carbocycles. The SMILES string of the molecule is F.N#Cc1cc(F)cc(Cc2ccc(S(=O)(=O)C(F)F)c3c2CC(F)(F)[C@H]3O)c1. The lowest BCUT2D eigenvalue weighted by molar-refractivity contribution is -0.0976. The molecule has 2 aromatic rings. The molecule has 0 unspecified atom stereocenters. The molecule has 156 valence electrons. The van der Waals surface area contributed by atoms with Crippen molar-refractivity contribution in [3.8, 4) is 6.07 Å². The van der Waals surface area contributed by atoms with Crippen LogP contribution in [0.1, 0.15) is 33.9 Å². The van der Waals surface area contributed by atoms with Crippen LogP contribution in [-0.4, -0.2) is 25.2 Å². The van der Waals surface area contributed by atoms with Crippen LogP contribution in [-0.2, 0) is 22.7 Å². The van der Waals surface area contributed by atoms with Crippen molar-refractivity contribution in [1.29, 1.82) is 5.26 Å². The molecule has 3 rings (SSSR count). The fraction of sp³-hybridized carbons (Fsp3) is 0.278. The number of fused-ring (bicyclic) bond motifs is 1. The topological polar surface area (TPSA) is 78.2 Å². The predicted molar refractivity (Wildman–Crippen MR) is 89.7 cm³/mol. The van der Waals surface area contributed by atoms with E-state index in [1.807, 2.05) is 0 Å². The van der Waals surface area contributed by atoms with Gasteiger partial charge in [-0.3, -0.25) is 4.70 Å². The number of nitrogens with zero attached hydrogens (tertiary/aromatic N) is 1. The summed E-state index contributed by atoms with van der Waals surface area (Å²) in [5.41, 5.74) is -0.683. The van der Waals surface area contributed by atoms with Crippen LogP contribution in [0.4, 0.5) is 26.7 Å². The van der Waals surface area contributed by atoms with Crippen LogP contribution in [0.15, 0.2) is 35.2 Å². The number of alkyl halides is 4. The van der Waals surface area contributed by atoms with E-state index < -0.39 is 50.3 Å². The molecule has 0 radical (unpaired) electrons. The largest absolute Gasteiger partial charge is 0.382 e. The van der Waals surface area contributed by atoms with Crippen molar-refractivity contribution in [2.45, 2.75) is 35.5 Å². The fourth-order valence-corrected chi connectivity index (χ4v) is 4.28. The lowest BCUT2D eigenvalue weighted by atomic mass is 9.96. The smallest absolute Gasteiger partial charge is 0.341 e. The highest BCUT2D eigenvalue weighted by Gasteiger charge is 2.50. The molecule has 0 bridgehead atoms. The highest BCUT2D eigenvalue weighted by molar-refractivity contribution is 7.91. The maximum atomic E-state index is 14.1. The monoisotopic (exact) mass is 437 g/mol. The Morgan fingerprint density at radius 3 is 2.48 bits per heavy atom. The van der Waals surface area contributed by atoms with Gasteiger partial charge < -0.3 is 5.11 Å². The second-order valence-electron chi connectivity index (χ2n) is 6.40. The molecule has 0 spiro atoms. The van der Waals surface area contributed by atoms with E-state index in [0.29, 0.717) is 0 Å². The van der Waals surface area contributed by atoms with Crippen LogP contribution in [0.3, 0.4) is 0 Å². The van der Waals surface area contributed by atoms with Gasteiger partial charge in [-0.1, -0.05) is 6.07 Å². The molecule has 1 atom stereocenters. The number of aliphatic hydroxyl groups excluding tert-OH is 1. The van der Waals surface area contributed by atoms with Gasteiger partial charge in [0.2, 0.25) is 9.84 Å². The zero-order valence-corrected chi connectivity index (χ0v) is 15.2. The van der Waals surface area contributed by atoms with E-state index in [0.717, 1.165) is 24.3 Å². The normalized spacial score (nSPS) is 17.5. The van der Waals surface area contributed by atoms with Gasteiger partial charge >= 0.3 is 5.76 Å². The van der Waals surface area contributed by atoms with Gasteiger partial charge in [0.05, 0.1) is 16.5 Å². The third-order valence-corrected chi connectivity index (χ3v) is 5.96. The van der Waals surface area contributed by atoms with Crippen LogP contribution in [0.2, 0.25) is 0 Å². The molecule has 1 aliphatic rings. The third-order valence-electron chi connectivity index (χ3n) is 4.52. The number of aliphatic hydroxyl groups is 1. The third kappa shape index (κ3) is 3.95. The summed E-state index contributed by atoms with van der Waals surface area (Å²) in [5, 5.41) is 18.8. The van der Waals surface area contributed by atoms with Gasteiger partial charge in [0.25, 0.3) is 5.92 Å². The van der Waals surface area contributed by atoms with Crippen LogP contribution >= 0.6 is 0 Å². The summed E-state index contributed by atoms with van der Waals surface area (Å²) in [6, 6.07) is 6.94. The zero-order valence-electron chi connectivity index (χ0n) is 14.4. The molecule has 0 saturated heterocycles. The first-order valence-electron chi connectivity index (χ1n) is 7.89. The summed E-state index contributed by atoms with van der Waals surface area (Å²) >= 11 is 0. The van der Waals surface area contributed by atoms with E-state index in [1.165, 1.54) is 6.07 Å². The Morgan fingerprint density at radius 1 is 1.24 bits per heavy atom. The van der Waals surface area contributed by atoms with Crippen LogP contribution in [0, 0.1) is 17.1 Å². The van der Waals surface area contributed by atoms with E-state index in [4.69, 9.17) is 5.26 Å². The Balaban J connectivity index is 0.00000300. The van der Waals surface area contributed by atoms with Gasteiger partial charge in [-0.15, -0.1) is 0 Å². The molecular formula is C18H13F6NO3S. The van der Waals surface area contributed by atoms with Gasteiger partial charge in [-0.25, -0.2) is 21.6 Å². The van der Waals surface area contributed by atoms with Crippen molar-refractivity contribution in [2.24, 2.45) is 0 Å². The molecule has 0 aliphatic heterocycles.